The molecule has 0 unspecified atom stereocenters. The van der Waals surface area contributed by atoms with Crippen LogP contribution in [0.1, 0.15) is 10.4 Å². The second-order valence-electron chi connectivity index (χ2n) is 3.86. The average Bonchev–Trinajstić information content (AvgIpc) is 2.41. The van der Waals surface area contributed by atoms with Gasteiger partial charge < -0.3 is 9.67 Å². The van der Waals surface area contributed by atoms with E-state index in [9.17, 15) is 9.59 Å². The predicted octanol–water partition coefficient (Wildman–Crippen LogP) is 3.02. The third-order valence-electron chi connectivity index (χ3n) is 2.68. The summed E-state index contributed by atoms with van der Waals surface area (Å²) >= 11 is 11.3. The van der Waals surface area contributed by atoms with Crippen LogP contribution in [0, 0.1) is 0 Å². The molecule has 0 bridgehead atoms. The van der Waals surface area contributed by atoms with E-state index in [1.807, 2.05) is 0 Å². The zero-order chi connectivity index (χ0) is 14.0. The Morgan fingerprint density at radius 3 is 2.68 bits per heavy atom. The normalized spacial score (nSPS) is 11.8. The molecule has 0 aliphatic carbocycles. The van der Waals surface area contributed by atoms with Gasteiger partial charge in [0, 0.05) is 22.0 Å². The number of aromatic carboxylic acids is 1. The van der Waals surface area contributed by atoms with Crippen molar-refractivity contribution in [2.75, 3.05) is 0 Å². The average molecular weight is 298 g/mol. The summed E-state index contributed by atoms with van der Waals surface area (Å²) in [5, 5.41) is 9.89. The second kappa shape index (κ2) is 5.47. The lowest BCUT2D eigenvalue weighted by Crippen LogP contribution is -2.22. The van der Waals surface area contributed by atoms with Gasteiger partial charge in [0.2, 0.25) is 0 Å². The van der Waals surface area contributed by atoms with Crippen LogP contribution in [0.4, 0.5) is 0 Å². The van der Waals surface area contributed by atoms with Crippen molar-refractivity contribution in [2.24, 2.45) is 0 Å². The highest BCUT2D eigenvalue weighted by molar-refractivity contribution is 6.36. The Bertz CT molecular complexity index is 734. The van der Waals surface area contributed by atoms with Crippen molar-refractivity contribution in [3.8, 4) is 0 Å². The highest BCUT2D eigenvalue weighted by Crippen LogP contribution is 2.18. The Morgan fingerprint density at radius 2 is 2.05 bits per heavy atom. The molecule has 1 aromatic heterocycles. The first-order valence-corrected chi connectivity index (χ1v) is 6.16. The Hall–Kier alpha value is -1.78. The van der Waals surface area contributed by atoms with Crippen LogP contribution in [0.15, 0.2) is 45.7 Å². The molecule has 0 fully saturated rings. The molecular formula is C13H9Cl2NO3. The predicted molar refractivity (Wildman–Crippen MR) is 75.0 cm³/mol. The molecule has 0 amide bonds. The summed E-state index contributed by atoms with van der Waals surface area (Å²) in [6.07, 6.45) is 0. The van der Waals surface area contributed by atoms with E-state index in [-0.39, 0.29) is 17.1 Å². The van der Waals surface area contributed by atoms with Crippen molar-refractivity contribution in [3.05, 3.63) is 56.8 Å². The molecule has 0 aliphatic rings. The van der Waals surface area contributed by atoms with Crippen LogP contribution < -0.4 is 5.56 Å². The Balaban J connectivity index is 2.79. The maximum atomic E-state index is 12.0. The maximum Gasteiger partial charge on any atom is 0.336 e. The monoisotopic (exact) mass is 297 g/mol. The minimum atomic E-state index is -1.14. The molecule has 6 heteroatoms. The van der Waals surface area contributed by atoms with E-state index in [1.54, 1.807) is 24.3 Å². The number of rotatable bonds is 3. The number of benzene rings is 1. The lowest BCUT2D eigenvalue weighted by molar-refractivity contribution is 0.0699. The van der Waals surface area contributed by atoms with Crippen molar-refractivity contribution in [3.63, 3.8) is 0 Å². The van der Waals surface area contributed by atoms with Crippen LogP contribution in [0.25, 0.3) is 10.9 Å². The van der Waals surface area contributed by atoms with Gasteiger partial charge in [-0.1, -0.05) is 41.4 Å². The zero-order valence-electron chi connectivity index (χ0n) is 9.64. The number of hydrogen-bond donors (Lipinski definition) is 1. The minimum Gasteiger partial charge on any atom is -0.478 e. The number of nitrogens with zero attached hydrogens (tertiary/aromatic N) is 1. The first kappa shape index (κ1) is 13.6. The van der Waals surface area contributed by atoms with E-state index in [4.69, 9.17) is 28.3 Å². The van der Waals surface area contributed by atoms with E-state index < -0.39 is 11.5 Å². The topological polar surface area (TPSA) is 59.3 Å². The first-order chi connectivity index (χ1) is 9.04. The van der Waals surface area contributed by atoms with Crippen molar-refractivity contribution in [1.29, 1.82) is 0 Å². The number of carbonyl (C=O) groups is 1. The molecule has 19 heavy (non-hydrogen) atoms. The second-order valence-corrected chi connectivity index (χ2v) is 4.56. The fraction of sp³-hybridized carbons (Fsp3) is 0.0769. The number of halogens is 2. The van der Waals surface area contributed by atoms with Gasteiger partial charge in [0.1, 0.15) is 0 Å². The van der Waals surface area contributed by atoms with Gasteiger partial charge in [0.15, 0.2) is 0 Å². The highest BCUT2D eigenvalue weighted by atomic mass is 35.5. The van der Waals surface area contributed by atoms with Crippen LogP contribution in [0.3, 0.4) is 0 Å². The fourth-order valence-corrected chi connectivity index (χ4v) is 2.05. The lowest BCUT2D eigenvalue weighted by atomic mass is 10.1. The summed E-state index contributed by atoms with van der Waals surface area (Å²) in [5.74, 6) is -1.14. The maximum absolute atomic E-state index is 12.0. The van der Waals surface area contributed by atoms with Crippen LogP contribution in [-0.4, -0.2) is 15.6 Å². The molecule has 4 nitrogen and oxygen atoms in total. The molecule has 0 aliphatic heterocycles. The van der Waals surface area contributed by atoms with Crippen molar-refractivity contribution >= 4 is 40.1 Å². The van der Waals surface area contributed by atoms with Crippen molar-refractivity contribution in [1.82, 2.24) is 4.57 Å². The summed E-state index contributed by atoms with van der Waals surface area (Å²) in [4.78, 5) is 23.1. The van der Waals surface area contributed by atoms with Crippen LogP contribution >= 0.6 is 23.2 Å². The molecule has 0 saturated heterocycles. The molecule has 2 aromatic rings. The summed E-state index contributed by atoms with van der Waals surface area (Å²) in [6, 6.07) is 7.84. The van der Waals surface area contributed by atoms with Crippen LogP contribution in [0.2, 0.25) is 0 Å². The molecule has 0 atom stereocenters. The first-order valence-electron chi connectivity index (χ1n) is 5.35. The molecule has 1 N–H and O–H groups in total. The van der Waals surface area contributed by atoms with E-state index in [0.29, 0.717) is 10.9 Å². The van der Waals surface area contributed by atoms with E-state index >= 15 is 0 Å². The highest BCUT2D eigenvalue weighted by Gasteiger charge is 2.13. The molecule has 0 saturated carbocycles. The summed E-state index contributed by atoms with van der Waals surface area (Å²) < 4.78 is 1.38. The Kier molecular flexibility index (Phi) is 3.93. The van der Waals surface area contributed by atoms with Gasteiger partial charge in [-0.05, 0) is 6.07 Å². The number of pyridine rings is 1. The quantitative estimate of drug-likeness (QED) is 0.947. The molecule has 0 spiro atoms. The number of allylic oxidation sites excluding steroid dienone is 1. The number of carboxylic acid groups (broad SMARTS) is 1. The van der Waals surface area contributed by atoms with Crippen molar-refractivity contribution < 1.29 is 9.90 Å². The SMILES string of the molecule is O=C(O)c1cc(=O)n(CC(Cl)=CCl)c2ccccc12. The van der Waals surface area contributed by atoms with E-state index in [2.05, 4.69) is 0 Å². The number of carboxylic acids is 1. The third kappa shape index (κ3) is 2.64. The van der Waals surface area contributed by atoms with Crippen molar-refractivity contribution in [2.45, 2.75) is 6.54 Å². The molecular weight excluding hydrogens is 289 g/mol. The molecule has 2 rings (SSSR count). The van der Waals surface area contributed by atoms with Crippen LogP contribution in [-0.2, 0) is 6.54 Å². The third-order valence-corrected chi connectivity index (χ3v) is 3.28. The Labute approximate surface area is 118 Å². The number of fused-ring (bicyclic) bond motifs is 1. The summed E-state index contributed by atoms with van der Waals surface area (Å²) in [6.45, 7) is 0.101. The van der Waals surface area contributed by atoms with Crippen LogP contribution in [0.5, 0.6) is 0 Å². The molecule has 98 valence electrons. The molecule has 0 radical (unpaired) electrons. The molecule has 1 aromatic carbocycles. The standard InChI is InChI=1S/C13H9Cl2NO3/c14-6-8(15)7-16-11-4-2-1-3-9(11)10(13(18)19)5-12(16)17/h1-6H,7H2,(H,18,19). The van der Waals surface area contributed by atoms with Gasteiger partial charge in [0.25, 0.3) is 5.56 Å². The number of aromatic nitrogens is 1. The number of hydrogen-bond acceptors (Lipinski definition) is 2. The van der Waals surface area contributed by atoms with Gasteiger partial charge >= 0.3 is 5.97 Å². The number of para-hydroxylation sites is 1. The summed E-state index contributed by atoms with van der Waals surface area (Å²) in [7, 11) is 0. The zero-order valence-corrected chi connectivity index (χ0v) is 11.1. The lowest BCUT2D eigenvalue weighted by Gasteiger charge is -2.11. The summed E-state index contributed by atoms with van der Waals surface area (Å²) in [5.41, 5.74) is 1.22. The smallest absolute Gasteiger partial charge is 0.336 e. The van der Waals surface area contributed by atoms with Gasteiger partial charge in [-0.2, -0.15) is 0 Å². The van der Waals surface area contributed by atoms with Gasteiger partial charge in [-0.15, -0.1) is 0 Å². The fourth-order valence-electron chi connectivity index (χ4n) is 1.86. The van der Waals surface area contributed by atoms with Gasteiger partial charge in [-0.3, -0.25) is 4.79 Å². The van der Waals surface area contributed by atoms with E-state index in [0.717, 1.165) is 6.07 Å². The van der Waals surface area contributed by atoms with Gasteiger partial charge in [0.05, 0.1) is 17.6 Å². The van der Waals surface area contributed by atoms with Gasteiger partial charge in [-0.25, -0.2) is 4.79 Å². The minimum absolute atomic E-state index is 0.0252. The largest absolute Gasteiger partial charge is 0.478 e. The molecule has 1 heterocycles. The van der Waals surface area contributed by atoms with E-state index in [1.165, 1.54) is 10.1 Å². The Morgan fingerprint density at radius 1 is 1.37 bits per heavy atom.